The number of rotatable bonds is 6. The van der Waals surface area contributed by atoms with E-state index in [4.69, 9.17) is 0 Å². The molecule has 2 aromatic rings. The average molecular weight is 424 g/mol. The number of nitrogens with zero attached hydrogens (tertiary/aromatic N) is 1. The molecule has 3 amide bonds. The van der Waals surface area contributed by atoms with Crippen LogP contribution in [0.25, 0.3) is 0 Å². The Bertz CT molecular complexity index is 932. The SMILES string of the molecule is Cc1ccc(C(=O)N[C@H]2C[C@H]3C(=O)N[C@@H](CSCc4ccccc4)C(=O)N3C2)cc1. The molecule has 2 heterocycles. The largest absolute Gasteiger partial charge is 0.347 e. The summed E-state index contributed by atoms with van der Waals surface area (Å²) in [5.41, 5.74) is 2.86. The van der Waals surface area contributed by atoms with E-state index in [1.165, 1.54) is 5.56 Å². The van der Waals surface area contributed by atoms with Crippen LogP contribution in [0.3, 0.4) is 0 Å². The number of thioether (sulfide) groups is 1. The van der Waals surface area contributed by atoms with Crippen molar-refractivity contribution in [1.82, 2.24) is 15.5 Å². The molecule has 0 unspecified atom stereocenters. The van der Waals surface area contributed by atoms with Gasteiger partial charge in [-0.25, -0.2) is 0 Å². The van der Waals surface area contributed by atoms with E-state index in [1.807, 2.05) is 49.4 Å². The van der Waals surface area contributed by atoms with Gasteiger partial charge in [-0.2, -0.15) is 11.8 Å². The summed E-state index contributed by atoms with van der Waals surface area (Å²) in [7, 11) is 0. The lowest BCUT2D eigenvalue weighted by atomic mass is 10.1. The maximum atomic E-state index is 12.9. The molecule has 7 heteroatoms. The Labute approximate surface area is 180 Å². The minimum absolute atomic E-state index is 0.0627. The smallest absolute Gasteiger partial charge is 0.251 e. The number of fused-ring (bicyclic) bond motifs is 1. The van der Waals surface area contributed by atoms with Gasteiger partial charge in [-0.3, -0.25) is 14.4 Å². The quantitative estimate of drug-likeness (QED) is 0.746. The highest BCUT2D eigenvalue weighted by Gasteiger charge is 2.46. The highest BCUT2D eigenvalue weighted by Crippen LogP contribution is 2.25. The van der Waals surface area contributed by atoms with Crippen LogP contribution in [-0.2, 0) is 15.3 Å². The highest BCUT2D eigenvalue weighted by atomic mass is 32.2. The van der Waals surface area contributed by atoms with E-state index in [2.05, 4.69) is 10.6 Å². The lowest BCUT2D eigenvalue weighted by Crippen LogP contribution is -2.61. The number of piperazine rings is 1. The van der Waals surface area contributed by atoms with Gasteiger partial charge in [0.2, 0.25) is 11.8 Å². The summed E-state index contributed by atoms with van der Waals surface area (Å²) in [6, 6.07) is 16.1. The molecule has 0 aliphatic carbocycles. The number of aryl methyl sites for hydroxylation is 1. The van der Waals surface area contributed by atoms with Crippen molar-refractivity contribution in [2.75, 3.05) is 12.3 Å². The lowest BCUT2D eigenvalue weighted by Gasteiger charge is -2.34. The molecule has 3 atom stereocenters. The number of hydrogen-bond acceptors (Lipinski definition) is 4. The average Bonchev–Trinajstić information content (AvgIpc) is 3.17. The first-order valence-corrected chi connectivity index (χ1v) is 11.3. The first kappa shape index (κ1) is 20.5. The van der Waals surface area contributed by atoms with Crippen molar-refractivity contribution in [3.8, 4) is 0 Å². The zero-order valence-corrected chi connectivity index (χ0v) is 17.7. The number of hydrogen-bond donors (Lipinski definition) is 2. The molecule has 2 aromatic carbocycles. The Morgan fingerprint density at radius 3 is 2.60 bits per heavy atom. The minimum Gasteiger partial charge on any atom is -0.347 e. The molecule has 30 heavy (non-hydrogen) atoms. The van der Waals surface area contributed by atoms with Gasteiger partial charge in [0.25, 0.3) is 5.91 Å². The van der Waals surface area contributed by atoms with Crippen LogP contribution >= 0.6 is 11.8 Å². The molecule has 6 nitrogen and oxygen atoms in total. The number of benzene rings is 2. The van der Waals surface area contributed by atoms with Crippen molar-refractivity contribution in [3.05, 3.63) is 71.3 Å². The maximum absolute atomic E-state index is 12.9. The summed E-state index contributed by atoms with van der Waals surface area (Å²) in [5.74, 6) is 0.948. The van der Waals surface area contributed by atoms with E-state index >= 15 is 0 Å². The van der Waals surface area contributed by atoms with E-state index in [0.717, 1.165) is 11.3 Å². The van der Waals surface area contributed by atoms with Crippen LogP contribution in [-0.4, -0.2) is 53.0 Å². The minimum atomic E-state index is -0.519. The van der Waals surface area contributed by atoms with Crippen LogP contribution < -0.4 is 10.6 Å². The third-order valence-corrected chi connectivity index (χ3v) is 6.65. The molecule has 0 bridgehead atoms. The Hall–Kier alpha value is -2.80. The molecule has 0 aromatic heterocycles. The van der Waals surface area contributed by atoms with Crippen LogP contribution in [0.1, 0.15) is 27.9 Å². The predicted molar refractivity (Wildman–Crippen MR) is 117 cm³/mol. The van der Waals surface area contributed by atoms with Gasteiger partial charge in [0.05, 0.1) is 0 Å². The van der Waals surface area contributed by atoms with Crippen LogP contribution in [0.4, 0.5) is 0 Å². The molecule has 2 aliphatic heterocycles. The fraction of sp³-hybridized carbons (Fsp3) is 0.348. The van der Waals surface area contributed by atoms with Crippen molar-refractivity contribution in [1.29, 1.82) is 0 Å². The molecular weight excluding hydrogens is 398 g/mol. The van der Waals surface area contributed by atoms with E-state index < -0.39 is 12.1 Å². The zero-order chi connectivity index (χ0) is 21.1. The molecule has 2 aliphatic rings. The van der Waals surface area contributed by atoms with Gasteiger partial charge < -0.3 is 15.5 Å². The molecule has 0 saturated carbocycles. The van der Waals surface area contributed by atoms with Gasteiger partial charge in [0.1, 0.15) is 12.1 Å². The van der Waals surface area contributed by atoms with Gasteiger partial charge in [-0.05, 0) is 31.0 Å². The van der Waals surface area contributed by atoms with E-state index in [9.17, 15) is 14.4 Å². The normalized spacial score (nSPS) is 23.1. The topological polar surface area (TPSA) is 78.5 Å². The van der Waals surface area contributed by atoms with Crippen molar-refractivity contribution in [3.63, 3.8) is 0 Å². The van der Waals surface area contributed by atoms with E-state index in [0.29, 0.717) is 24.3 Å². The molecule has 0 spiro atoms. The van der Waals surface area contributed by atoms with Crippen molar-refractivity contribution in [2.24, 2.45) is 0 Å². The van der Waals surface area contributed by atoms with Crippen LogP contribution in [0, 0.1) is 6.92 Å². The fourth-order valence-corrected chi connectivity index (χ4v) is 4.93. The first-order valence-electron chi connectivity index (χ1n) is 10.1. The highest BCUT2D eigenvalue weighted by molar-refractivity contribution is 7.98. The van der Waals surface area contributed by atoms with E-state index in [1.54, 1.807) is 28.8 Å². The molecule has 0 radical (unpaired) electrons. The zero-order valence-electron chi connectivity index (χ0n) is 16.8. The van der Waals surface area contributed by atoms with Gasteiger partial charge in [-0.15, -0.1) is 0 Å². The molecule has 156 valence electrons. The summed E-state index contributed by atoms with van der Waals surface area (Å²) in [6.45, 7) is 2.34. The second-order valence-corrected chi connectivity index (χ2v) is 8.87. The van der Waals surface area contributed by atoms with Gasteiger partial charge in [-0.1, -0.05) is 48.0 Å². The van der Waals surface area contributed by atoms with Crippen LogP contribution in [0.2, 0.25) is 0 Å². The molecule has 2 N–H and O–H groups in total. The number of carbonyl (C=O) groups excluding carboxylic acids is 3. The van der Waals surface area contributed by atoms with E-state index in [-0.39, 0.29) is 23.8 Å². The van der Waals surface area contributed by atoms with Crippen molar-refractivity contribution < 1.29 is 14.4 Å². The molecule has 2 fully saturated rings. The third kappa shape index (κ3) is 4.51. The predicted octanol–water partition coefficient (Wildman–Crippen LogP) is 2.13. The Kier molecular flexibility index (Phi) is 6.08. The second-order valence-electron chi connectivity index (χ2n) is 7.84. The summed E-state index contributed by atoms with van der Waals surface area (Å²) >= 11 is 1.63. The van der Waals surface area contributed by atoms with Gasteiger partial charge in [0, 0.05) is 29.7 Å². The van der Waals surface area contributed by atoms with Crippen LogP contribution in [0.5, 0.6) is 0 Å². The second kappa shape index (κ2) is 8.92. The summed E-state index contributed by atoms with van der Waals surface area (Å²) in [4.78, 5) is 39.6. The lowest BCUT2D eigenvalue weighted by molar-refractivity contribution is -0.146. The number of nitrogens with one attached hydrogen (secondary N) is 2. The summed E-state index contributed by atoms with van der Waals surface area (Å²) < 4.78 is 0. The molecular formula is C23H25N3O3S. The monoisotopic (exact) mass is 423 g/mol. The fourth-order valence-electron chi connectivity index (χ4n) is 3.92. The van der Waals surface area contributed by atoms with Gasteiger partial charge in [0.15, 0.2) is 0 Å². The first-order chi connectivity index (χ1) is 14.5. The Balaban J connectivity index is 1.33. The Morgan fingerprint density at radius 2 is 1.87 bits per heavy atom. The Morgan fingerprint density at radius 1 is 1.13 bits per heavy atom. The van der Waals surface area contributed by atoms with Crippen molar-refractivity contribution in [2.45, 2.75) is 37.2 Å². The summed E-state index contributed by atoms with van der Waals surface area (Å²) in [6.07, 6.45) is 0.444. The van der Waals surface area contributed by atoms with Crippen LogP contribution in [0.15, 0.2) is 54.6 Å². The van der Waals surface area contributed by atoms with Crippen molar-refractivity contribution >= 4 is 29.5 Å². The van der Waals surface area contributed by atoms with Gasteiger partial charge >= 0.3 is 0 Å². The molecule has 2 saturated heterocycles. The number of amides is 3. The number of carbonyl (C=O) groups is 3. The third-order valence-electron chi connectivity index (χ3n) is 5.55. The molecule has 4 rings (SSSR count). The standard InChI is InChI=1S/C23H25N3O3S/c1-15-7-9-17(10-8-15)21(27)24-18-11-20-22(28)25-19(23(29)26(20)12-18)14-30-13-16-5-3-2-4-6-16/h2-10,18-20H,11-14H2,1H3,(H,24,27)(H,25,28)/t18-,19-,20-/m0/s1. The summed E-state index contributed by atoms with van der Waals surface area (Å²) in [5, 5.41) is 5.85. The maximum Gasteiger partial charge on any atom is 0.251 e.